The van der Waals surface area contributed by atoms with Gasteiger partial charge in [-0.25, -0.2) is 5.01 Å². The molecule has 1 N–H and O–H groups in total. The van der Waals surface area contributed by atoms with Gasteiger partial charge in [-0.05, 0) is 29.8 Å². The molecule has 0 saturated heterocycles. The van der Waals surface area contributed by atoms with Gasteiger partial charge in [-0.15, -0.1) is 0 Å². The molecule has 6 nitrogen and oxygen atoms in total. The number of benzene rings is 2. The molecule has 0 unspecified atom stereocenters. The Balaban J connectivity index is 1.47. The van der Waals surface area contributed by atoms with E-state index < -0.39 is 6.61 Å². The van der Waals surface area contributed by atoms with Crippen LogP contribution in [-0.4, -0.2) is 35.7 Å². The van der Waals surface area contributed by atoms with E-state index in [4.69, 9.17) is 0 Å². The van der Waals surface area contributed by atoms with Crippen LogP contribution < -0.4 is 10.1 Å². The summed E-state index contributed by atoms with van der Waals surface area (Å²) >= 11 is 0. The summed E-state index contributed by atoms with van der Waals surface area (Å²) in [6.07, 6.45) is 0.708. The zero-order chi connectivity index (χ0) is 19.9. The monoisotopic (exact) mass is 387 g/mol. The van der Waals surface area contributed by atoms with E-state index in [-0.39, 0.29) is 30.4 Å². The summed E-state index contributed by atoms with van der Waals surface area (Å²) < 4.78 is 28.5. The molecule has 146 valence electrons. The topological polar surface area (TPSA) is 71.0 Å². The molecule has 0 radical (unpaired) electrons. The number of amides is 2. The Hall–Kier alpha value is -3.29. The van der Waals surface area contributed by atoms with Crippen LogP contribution in [0, 0.1) is 0 Å². The predicted molar refractivity (Wildman–Crippen MR) is 100 cm³/mol. The number of carbonyl (C=O) groups excluding carboxylic acids is 2. The highest BCUT2D eigenvalue weighted by atomic mass is 19.3. The maximum absolute atomic E-state index is 12.3. The van der Waals surface area contributed by atoms with E-state index in [9.17, 15) is 18.4 Å². The minimum Gasteiger partial charge on any atom is -0.435 e. The Bertz CT molecular complexity index is 855. The number of ether oxygens (including phenoxy) is 1. The number of anilines is 1. The number of rotatable bonds is 7. The summed E-state index contributed by atoms with van der Waals surface area (Å²) in [6, 6.07) is 15.2. The molecule has 0 saturated carbocycles. The molecule has 0 bridgehead atoms. The molecule has 0 fully saturated rings. The number of halogens is 2. The van der Waals surface area contributed by atoms with Gasteiger partial charge in [0.2, 0.25) is 11.8 Å². The number of hydrogen-bond acceptors (Lipinski definition) is 4. The summed E-state index contributed by atoms with van der Waals surface area (Å²) in [7, 11) is 0. The van der Waals surface area contributed by atoms with Crippen molar-refractivity contribution in [2.45, 2.75) is 25.9 Å². The largest absolute Gasteiger partial charge is 0.435 e. The molecule has 0 atom stereocenters. The Morgan fingerprint density at radius 3 is 2.46 bits per heavy atom. The summed E-state index contributed by atoms with van der Waals surface area (Å²) in [6.45, 7) is -2.40. The second kappa shape index (κ2) is 9.07. The van der Waals surface area contributed by atoms with Crippen molar-refractivity contribution in [2.24, 2.45) is 5.10 Å². The Kier molecular flexibility index (Phi) is 6.31. The van der Waals surface area contributed by atoms with Gasteiger partial charge >= 0.3 is 6.61 Å². The molecule has 2 aromatic carbocycles. The summed E-state index contributed by atoms with van der Waals surface area (Å²) in [5, 5.41) is 8.36. The van der Waals surface area contributed by atoms with Crippen LogP contribution >= 0.6 is 0 Å². The second-order valence-electron chi connectivity index (χ2n) is 6.13. The molecule has 28 heavy (non-hydrogen) atoms. The van der Waals surface area contributed by atoms with Crippen molar-refractivity contribution in [3.63, 3.8) is 0 Å². The maximum atomic E-state index is 12.3. The number of nitrogens with one attached hydrogen (secondary N) is 1. The molecule has 1 aliphatic rings. The van der Waals surface area contributed by atoms with Crippen LogP contribution in [0.5, 0.6) is 5.75 Å². The lowest BCUT2D eigenvalue weighted by Gasteiger charge is -2.11. The SMILES string of the molecule is O=C(CCC(=O)N1CCC(c2ccccc2)=N1)Nc1ccc(OC(F)F)cc1. The molecular formula is C20H19F2N3O3. The molecule has 0 aliphatic carbocycles. The van der Waals surface area contributed by atoms with Crippen molar-refractivity contribution in [3.05, 3.63) is 60.2 Å². The Labute approximate surface area is 160 Å². The lowest BCUT2D eigenvalue weighted by atomic mass is 10.1. The third kappa shape index (κ3) is 5.35. The molecule has 0 aromatic heterocycles. The van der Waals surface area contributed by atoms with Gasteiger partial charge < -0.3 is 10.1 Å². The fourth-order valence-corrected chi connectivity index (χ4v) is 2.76. The third-order valence-electron chi connectivity index (χ3n) is 4.13. The van der Waals surface area contributed by atoms with Crippen molar-refractivity contribution < 1.29 is 23.1 Å². The fourth-order valence-electron chi connectivity index (χ4n) is 2.76. The zero-order valence-corrected chi connectivity index (χ0v) is 15.0. The number of nitrogens with zero attached hydrogens (tertiary/aromatic N) is 2. The van der Waals surface area contributed by atoms with Gasteiger partial charge in [0.1, 0.15) is 5.75 Å². The standard InChI is InChI=1S/C20H19F2N3O3/c21-20(22)28-16-8-6-15(7-9-16)23-18(26)10-11-19(27)25-13-12-17(24-25)14-4-2-1-3-5-14/h1-9,20H,10-13H2,(H,23,26). The smallest absolute Gasteiger partial charge is 0.387 e. The molecular weight excluding hydrogens is 368 g/mol. The van der Waals surface area contributed by atoms with Crippen LogP contribution in [-0.2, 0) is 9.59 Å². The first-order chi connectivity index (χ1) is 13.5. The average Bonchev–Trinajstić information content (AvgIpc) is 3.18. The molecule has 1 aliphatic heterocycles. The van der Waals surface area contributed by atoms with Crippen molar-refractivity contribution in [1.29, 1.82) is 0 Å². The van der Waals surface area contributed by atoms with Crippen LogP contribution in [0.15, 0.2) is 59.7 Å². The van der Waals surface area contributed by atoms with E-state index in [1.165, 1.54) is 29.3 Å². The number of alkyl halides is 2. The Morgan fingerprint density at radius 1 is 1.07 bits per heavy atom. The van der Waals surface area contributed by atoms with E-state index in [0.29, 0.717) is 18.7 Å². The van der Waals surface area contributed by atoms with Crippen LogP contribution in [0.1, 0.15) is 24.8 Å². The fraction of sp³-hybridized carbons (Fsp3) is 0.250. The second-order valence-corrected chi connectivity index (χ2v) is 6.13. The van der Waals surface area contributed by atoms with E-state index in [0.717, 1.165) is 11.3 Å². The van der Waals surface area contributed by atoms with Crippen LogP contribution in [0.4, 0.5) is 14.5 Å². The van der Waals surface area contributed by atoms with Crippen molar-refractivity contribution in [1.82, 2.24) is 5.01 Å². The lowest BCUT2D eigenvalue weighted by molar-refractivity contribution is -0.132. The number of hydrogen-bond donors (Lipinski definition) is 1. The summed E-state index contributed by atoms with van der Waals surface area (Å²) in [5.41, 5.74) is 2.27. The van der Waals surface area contributed by atoms with Crippen molar-refractivity contribution >= 4 is 23.2 Å². The van der Waals surface area contributed by atoms with Crippen molar-refractivity contribution in [2.75, 3.05) is 11.9 Å². The van der Waals surface area contributed by atoms with Gasteiger partial charge in [0.05, 0.1) is 12.3 Å². The highest BCUT2D eigenvalue weighted by molar-refractivity contribution is 6.02. The van der Waals surface area contributed by atoms with Gasteiger partial charge in [-0.3, -0.25) is 9.59 Å². The number of carbonyl (C=O) groups is 2. The van der Waals surface area contributed by atoms with Crippen LogP contribution in [0.2, 0.25) is 0 Å². The third-order valence-corrected chi connectivity index (χ3v) is 4.13. The molecule has 0 spiro atoms. The maximum Gasteiger partial charge on any atom is 0.387 e. The van der Waals surface area contributed by atoms with Crippen molar-refractivity contribution in [3.8, 4) is 5.75 Å². The van der Waals surface area contributed by atoms with E-state index in [1.54, 1.807) is 0 Å². The average molecular weight is 387 g/mol. The minimum absolute atomic E-state index is 0.000803. The Morgan fingerprint density at radius 2 is 1.79 bits per heavy atom. The van der Waals surface area contributed by atoms with Crippen LogP contribution in [0.3, 0.4) is 0 Å². The highest BCUT2D eigenvalue weighted by Crippen LogP contribution is 2.18. The van der Waals surface area contributed by atoms with E-state index in [1.807, 2.05) is 30.3 Å². The van der Waals surface area contributed by atoms with Gasteiger partial charge in [0.25, 0.3) is 0 Å². The number of hydrazone groups is 1. The first-order valence-corrected chi connectivity index (χ1v) is 8.79. The van der Waals surface area contributed by atoms with Crippen LogP contribution in [0.25, 0.3) is 0 Å². The summed E-state index contributed by atoms with van der Waals surface area (Å²) in [5.74, 6) is -0.562. The van der Waals surface area contributed by atoms with Gasteiger partial charge in [-0.1, -0.05) is 30.3 Å². The molecule has 2 aromatic rings. The van der Waals surface area contributed by atoms with Gasteiger partial charge in [0.15, 0.2) is 0 Å². The zero-order valence-electron chi connectivity index (χ0n) is 15.0. The molecule has 1 heterocycles. The van der Waals surface area contributed by atoms with E-state index >= 15 is 0 Å². The molecule has 8 heteroatoms. The highest BCUT2D eigenvalue weighted by Gasteiger charge is 2.21. The molecule has 3 rings (SSSR count). The molecule has 2 amide bonds. The van der Waals surface area contributed by atoms with Gasteiger partial charge in [-0.2, -0.15) is 13.9 Å². The normalized spacial score (nSPS) is 13.4. The van der Waals surface area contributed by atoms with E-state index in [2.05, 4.69) is 15.2 Å². The lowest BCUT2D eigenvalue weighted by Crippen LogP contribution is -2.24. The minimum atomic E-state index is -2.90. The first kappa shape index (κ1) is 19.5. The first-order valence-electron chi connectivity index (χ1n) is 8.79. The summed E-state index contributed by atoms with van der Waals surface area (Å²) in [4.78, 5) is 24.3. The predicted octanol–water partition coefficient (Wildman–Crippen LogP) is 3.64. The van der Waals surface area contributed by atoms with Gasteiger partial charge in [0, 0.05) is 24.9 Å². The quantitative estimate of drug-likeness (QED) is 0.788.